The Hall–Kier alpha value is -2.80. The lowest BCUT2D eigenvalue weighted by molar-refractivity contribution is 0.102. The van der Waals surface area contributed by atoms with Gasteiger partial charge in [-0.3, -0.25) is 9.36 Å². The van der Waals surface area contributed by atoms with E-state index in [4.69, 9.17) is 9.51 Å². The average molecular weight is 423 g/mol. The summed E-state index contributed by atoms with van der Waals surface area (Å²) in [5, 5.41) is 4.98. The first-order valence-electron chi connectivity index (χ1n) is 10.1. The van der Waals surface area contributed by atoms with Crippen LogP contribution in [0.1, 0.15) is 41.4 Å². The highest BCUT2D eigenvalue weighted by Crippen LogP contribution is 2.27. The van der Waals surface area contributed by atoms with Crippen molar-refractivity contribution < 1.29 is 9.32 Å². The van der Waals surface area contributed by atoms with Crippen LogP contribution in [0.15, 0.2) is 46.1 Å². The minimum Gasteiger partial charge on any atom is -0.360 e. The molecule has 6 nitrogen and oxygen atoms in total. The molecule has 156 valence electrons. The molecule has 0 atom stereocenters. The standard InChI is InChI=1S/C23H26N4O2S/c1-14(2)12-26-20-9-7-6-8-19(20)24-23(26)30-13-21(28)18-10-15(3)27(17(18)5)22-11-16(4)29-25-22/h6-11,14H,12-13H2,1-5H3. The molecule has 1 aromatic carbocycles. The Morgan fingerprint density at radius 2 is 1.93 bits per heavy atom. The zero-order valence-corrected chi connectivity index (χ0v) is 18.8. The number of aryl methyl sites for hydroxylation is 2. The molecule has 0 bridgehead atoms. The van der Waals surface area contributed by atoms with Crippen LogP contribution in [0.3, 0.4) is 0 Å². The van der Waals surface area contributed by atoms with Crippen molar-refractivity contribution >= 4 is 28.6 Å². The van der Waals surface area contributed by atoms with E-state index < -0.39 is 0 Å². The van der Waals surface area contributed by atoms with Crippen LogP contribution in [0.25, 0.3) is 16.9 Å². The van der Waals surface area contributed by atoms with E-state index in [9.17, 15) is 4.79 Å². The van der Waals surface area contributed by atoms with Crippen molar-refractivity contribution in [3.05, 3.63) is 59.1 Å². The number of aromatic nitrogens is 4. The number of thioether (sulfide) groups is 1. The van der Waals surface area contributed by atoms with Gasteiger partial charge in [0.1, 0.15) is 5.76 Å². The number of carbonyl (C=O) groups excluding carboxylic acids is 1. The predicted molar refractivity (Wildman–Crippen MR) is 120 cm³/mol. The summed E-state index contributed by atoms with van der Waals surface area (Å²) in [5.41, 5.74) is 4.63. The van der Waals surface area contributed by atoms with Gasteiger partial charge in [-0.25, -0.2) is 4.98 Å². The number of imidazole rings is 1. The van der Waals surface area contributed by atoms with E-state index in [-0.39, 0.29) is 5.78 Å². The molecule has 3 aromatic heterocycles. The summed E-state index contributed by atoms with van der Waals surface area (Å²) >= 11 is 1.50. The third kappa shape index (κ3) is 3.81. The molecule has 0 aliphatic rings. The maximum absolute atomic E-state index is 13.1. The van der Waals surface area contributed by atoms with Crippen LogP contribution < -0.4 is 0 Å². The molecular weight excluding hydrogens is 396 g/mol. The lowest BCUT2D eigenvalue weighted by atomic mass is 10.2. The Labute approximate surface area is 180 Å². The zero-order valence-electron chi connectivity index (χ0n) is 18.0. The number of hydrogen-bond donors (Lipinski definition) is 0. The normalized spacial score (nSPS) is 11.7. The molecule has 0 saturated heterocycles. The van der Waals surface area contributed by atoms with Crippen molar-refractivity contribution in [2.75, 3.05) is 5.75 Å². The molecule has 0 aliphatic heterocycles. The molecule has 4 aromatic rings. The predicted octanol–water partition coefficient (Wildman–Crippen LogP) is 5.37. The maximum atomic E-state index is 13.1. The number of carbonyl (C=O) groups is 1. The van der Waals surface area contributed by atoms with Crippen molar-refractivity contribution in [1.82, 2.24) is 19.3 Å². The van der Waals surface area contributed by atoms with Gasteiger partial charge in [0.2, 0.25) is 0 Å². The Morgan fingerprint density at radius 1 is 1.17 bits per heavy atom. The Balaban J connectivity index is 1.59. The van der Waals surface area contributed by atoms with Crippen LogP contribution in [0.2, 0.25) is 0 Å². The highest BCUT2D eigenvalue weighted by atomic mass is 32.2. The number of rotatable bonds is 7. The van der Waals surface area contributed by atoms with Gasteiger partial charge in [0.15, 0.2) is 16.8 Å². The van der Waals surface area contributed by atoms with Gasteiger partial charge in [-0.05, 0) is 44.9 Å². The smallest absolute Gasteiger partial charge is 0.180 e. The lowest BCUT2D eigenvalue weighted by Crippen LogP contribution is -2.09. The Morgan fingerprint density at radius 3 is 2.63 bits per heavy atom. The second-order valence-corrected chi connectivity index (χ2v) is 8.96. The molecule has 30 heavy (non-hydrogen) atoms. The molecule has 3 heterocycles. The fourth-order valence-electron chi connectivity index (χ4n) is 3.77. The highest BCUT2D eigenvalue weighted by molar-refractivity contribution is 7.99. The SMILES string of the molecule is Cc1cc(-n2c(C)cc(C(=O)CSc3nc4ccccc4n3CC(C)C)c2C)no1. The highest BCUT2D eigenvalue weighted by Gasteiger charge is 2.20. The summed E-state index contributed by atoms with van der Waals surface area (Å²) in [5.74, 6) is 2.35. The van der Waals surface area contributed by atoms with E-state index >= 15 is 0 Å². The van der Waals surface area contributed by atoms with Crippen molar-refractivity contribution in [2.24, 2.45) is 5.92 Å². The number of benzene rings is 1. The topological polar surface area (TPSA) is 65.8 Å². The van der Waals surface area contributed by atoms with Crippen LogP contribution in [0.5, 0.6) is 0 Å². The van der Waals surface area contributed by atoms with Crippen molar-refractivity contribution in [1.29, 1.82) is 0 Å². The van der Waals surface area contributed by atoms with Gasteiger partial charge in [0.25, 0.3) is 0 Å². The van der Waals surface area contributed by atoms with Crippen LogP contribution in [-0.4, -0.2) is 30.8 Å². The number of fused-ring (bicyclic) bond motifs is 1. The Kier molecular flexibility index (Phi) is 5.56. The minimum absolute atomic E-state index is 0.0859. The lowest BCUT2D eigenvalue weighted by Gasteiger charge is -2.11. The molecule has 0 unspecified atom stereocenters. The van der Waals surface area contributed by atoms with Crippen molar-refractivity contribution in [3.63, 3.8) is 0 Å². The monoisotopic (exact) mass is 422 g/mol. The maximum Gasteiger partial charge on any atom is 0.180 e. The van der Waals surface area contributed by atoms with Gasteiger partial charge in [0.05, 0.1) is 16.8 Å². The van der Waals surface area contributed by atoms with Crippen LogP contribution in [0.4, 0.5) is 0 Å². The molecular formula is C23H26N4O2S. The number of Topliss-reactive ketones (excluding diaryl/α,β-unsaturated/α-hetero) is 1. The molecule has 7 heteroatoms. The van der Waals surface area contributed by atoms with Gasteiger partial charge in [-0.15, -0.1) is 0 Å². The number of nitrogens with zero attached hydrogens (tertiary/aromatic N) is 4. The molecule has 0 N–H and O–H groups in total. The molecule has 4 rings (SSSR count). The van der Waals surface area contributed by atoms with E-state index in [0.717, 1.165) is 39.9 Å². The van der Waals surface area contributed by atoms with E-state index in [1.165, 1.54) is 11.8 Å². The first-order chi connectivity index (χ1) is 14.3. The Bertz CT molecular complexity index is 1220. The summed E-state index contributed by atoms with van der Waals surface area (Å²) in [7, 11) is 0. The zero-order chi connectivity index (χ0) is 21.4. The van der Waals surface area contributed by atoms with Crippen LogP contribution in [0, 0.1) is 26.7 Å². The van der Waals surface area contributed by atoms with Crippen molar-refractivity contribution in [3.8, 4) is 5.82 Å². The number of para-hydroxylation sites is 2. The third-order valence-corrected chi connectivity index (χ3v) is 6.05. The van der Waals surface area contributed by atoms with Gasteiger partial charge in [-0.2, -0.15) is 0 Å². The third-order valence-electron chi connectivity index (χ3n) is 5.08. The molecule has 0 saturated carbocycles. The first kappa shape index (κ1) is 20.5. The second-order valence-electron chi connectivity index (χ2n) is 8.02. The van der Waals surface area contributed by atoms with Gasteiger partial charge < -0.3 is 9.09 Å². The number of ketones is 1. The first-order valence-corrected chi connectivity index (χ1v) is 11.1. The summed E-state index contributed by atoms with van der Waals surface area (Å²) < 4.78 is 9.39. The van der Waals surface area contributed by atoms with Gasteiger partial charge >= 0.3 is 0 Å². The van der Waals surface area contributed by atoms with E-state index in [0.29, 0.717) is 23.1 Å². The van der Waals surface area contributed by atoms with Gasteiger partial charge in [-0.1, -0.05) is 42.9 Å². The fraction of sp³-hybridized carbons (Fsp3) is 0.348. The van der Waals surface area contributed by atoms with Crippen LogP contribution >= 0.6 is 11.8 Å². The molecule has 0 aliphatic carbocycles. The van der Waals surface area contributed by atoms with E-state index in [1.807, 2.05) is 55.7 Å². The quantitative estimate of drug-likeness (QED) is 0.296. The second kappa shape index (κ2) is 8.14. The van der Waals surface area contributed by atoms with Crippen molar-refractivity contribution in [2.45, 2.75) is 46.3 Å². The van der Waals surface area contributed by atoms with E-state index in [1.54, 1.807) is 0 Å². The van der Waals surface area contributed by atoms with Crippen LogP contribution in [-0.2, 0) is 6.54 Å². The summed E-state index contributed by atoms with van der Waals surface area (Å²) in [4.78, 5) is 17.8. The molecule has 0 spiro atoms. The summed E-state index contributed by atoms with van der Waals surface area (Å²) in [6.45, 7) is 11.0. The van der Waals surface area contributed by atoms with E-state index in [2.05, 4.69) is 29.6 Å². The molecule has 0 amide bonds. The fourth-order valence-corrected chi connectivity index (χ4v) is 4.68. The molecule has 0 radical (unpaired) electrons. The minimum atomic E-state index is 0.0859. The molecule has 0 fully saturated rings. The summed E-state index contributed by atoms with van der Waals surface area (Å²) in [6, 6.07) is 11.9. The average Bonchev–Trinajstić information content (AvgIpc) is 3.35. The van der Waals surface area contributed by atoms with Gasteiger partial charge in [0, 0.05) is 29.6 Å². The largest absolute Gasteiger partial charge is 0.360 e. The summed E-state index contributed by atoms with van der Waals surface area (Å²) in [6.07, 6.45) is 0. The number of hydrogen-bond acceptors (Lipinski definition) is 5.